The molecule has 0 saturated carbocycles. The molecule has 0 aliphatic carbocycles. The fourth-order valence-electron chi connectivity index (χ4n) is 1.78. The number of nitrogens with one attached hydrogen (secondary N) is 3. The highest BCUT2D eigenvalue weighted by atomic mass is 16.4. The number of carboxylic acid groups (broad SMARTS) is 1. The highest BCUT2D eigenvalue weighted by Crippen LogP contribution is 1.97. The smallest absolute Gasteiger partial charge is 0.325 e. The first-order valence-electron chi connectivity index (χ1n) is 7.81. The van der Waals surface area contributed by atoms with Gasteiger partial charge in [0.15, 0.2) is 0 Å². The fourth-order valence-corrected chi connectivity index (χ4v) is 1.78. The van der Waals surface area contributed by atoms with Crippen molar-refractivity contribution in [3.63, 3.8) is 0 Å². The Kier molecular flexibility index (Phi) is 9.42. The normalized spacial score (nSPS) is 14.8. The summed E-state index contributed by atoms with van der Waals surface area (Å²) in [6.07, 6.45) is -1.08. The molecule has 0 heterocycles. The summed E-state index contributed by atoms with van der Waals surface area (Å²) < 4.78 is 0. The molecular weight excluding hydrogens is 364 g/mol. The van der Waals surface area contributed by atoms with E-state index in [2.05, 4.69) is 16.0 Å². The van der Waals surface area contributed by atoms with E-state index in [1.165, 1.54) is 13.8 Å². The molecular formula is C14H24N6O7. The second-order valence-corrected chi connectivity index (χ2v) is 5.81. The molecule has 0 aliphatic heterocycles. The lowest BCUT2D eigenvalue weighted by atomic mass is 10.1. The van der Waals surface area contributed by atoms with Crippen molar-refractivity contribution in [1.29, 1.82) is 0 Å². The molecule has 0 radical (unpaired) electrons. The van der Waals surface area contributed by atoms with Crippen LogP contribution in [0, 0.1) is 0 Å². The highest BCUT2D eigenvalue weighted by Gasteiger charge is 2.28. The van der Waals surface area contributed by atoms with Gasteiger partial charge in [0, 0.05) is 0 Å². The first kappa shape index (κ1) is 23.8. The lowest BCUT2D eigenvalue weighted by Gasteiger charge is -2.22. The monoisotopic (exact) mass is 388 g/mol. The van der Waals surface area contributed by atoms with Crippen LogP contribution in [0.15, 0.2) is 0 Å². The molecule has 5 amide bonds. The SMILES string of the molecule is CC(NC(=O)C(C)NC(=O)C(CC(N)=O)NC(=O)C(N)CC(N)=O)C(=O)O. The van der Waals surface area contributed by atoms with Crippen LogP contribution in [0.25, 0.3) is 0 Å². The number of hydrogen-bond acceptors (Lipinski definition) is 7. The zero-order valence-corrected chi connectivity index (χ0v) is 14.9. The Bertz CT molecular complexity index is 623. The van der Waals surface area contributed by atoms with Crippen LogP contribution in [0.2, 0.25) is 0 Å². The molecule has 0 aromatic heterocycles. The molecule has 10 N–H and O–H groups in total. The second-order valence-electron chi connectivity index (χ2n) is 5.81. The van der Waals surface area contributed by atoms with Crippen LogP contribution >= 0.6 is 0 Å². The van der Waals surface area contributed by atoms with Crippen molar-refractivity contribution in [2.45, 2.75) is 50.9 Å². The first-order chi connectivity index (χ1) is 12.3. The van der Waals surface area contributed by atoms with Crippen molar-refractivity contribution in [3.05, 3.63) is 0 Å². The maximum Gasteiger partial charge on any atom is 0.325 e. The van der Waals surface area contributed by atoms with E-state index in [0.717, 1.165) is 0 Å². The number of carboxylic acids is 1. The molecule has 0 saturated heterocycles. The third kappa shape index (κ3) is 9.15. The third-order valence-corrected chi connectivity index (χ3v) is 3.28. The van der Waals surface area contributed by atoms with Gasteiger partial charge in [0.2, 0.25) is 29.5 Å². The van der Waals surface area contributed by atoms with Crippen molar-refractivity contribution >= 4 is 35.5 Å². The topological polar surface area (TPSA) is 237 Å². The summed E-state index contributed by atoms with van der Waals surface area (Å²) in [5.41, 5.74) is 15.4. The van der Waals surface area contributed by atoms with Crippen LogP contribution in [0.4, 0.5) is 0 Å². The highest BCUT2D eigenvalue weighted by molar-refractivity contribution is 5.96. The average Bonchev–Trinajstić information content (AvgIpc) is 2.52. The fraction of sp³-hybridized carbons (Fsp3) is 0.571. The van der Waals surface area contributed by atoms with Crippen molar-refractivity contribution in [2.75, 3.05) is 0 Å². The summed E-state index contributed by atoms with van der Waals surface area (Å²) >= 11 is 0. The summed E-state index contributed by atoms with van der Waals surface area (Å²) in [6.45, 7) is 2.49. The summed E-state index contributed by atoms with van der Waals surface area (Å²) in [7, 11) is 0. The van der Waals surface area contributed by atoms with Crippen LogP contribution in [-0.2, 0) is 28.8 Å². The molecule has 27 heavy (non-hydrogen) atoms. The van der Waals surface area contributed by atoms with Gasteiger partial charge in [-0.05, 0) is 13.8 Å². The summed E-state index contributed by atoms with van der Waals surface area (Å²) in [5.74, 6) is -5.69. The number of hydrogen-bond donors (Lipinski definition) is 7. The van der Waals surface area contributed by atoms with Crippen molar-refractivity contribution in [2.24, 2.45) is 17.2 Å². The van der Waals surface area contributed by atoms with E-state index in [9.17, 15) is 28.8 Å². The Labute approximate surface area is 154 Å². The Morgan fingerprint density at radius 1 is 0.778 bits per heavy atom. The first-order valence-corrected chi connectivity index (χ1v) is 7.81. The minimum Gasteiger partial charge on any atom is -0.480 e. The van der Waals surface area contributed by atoms with Gasteiger partial charge in [-0.25, -0.2) is 0 Å². The Hall–Kier alpha value is -3.22. The number of nitrogens with two attached hydrogens (primary N) is 3. The molecule has 0 rings (SSSR count). The van der Waals surface area contributed by atoms with Crippen LogP contribution < -0.4 is 33.2 Å². The average molecular weight is 388 g/mol. The lowest BCUT2D eigenvalue weighted by molar-refractivity contribution is -0.141. The van der Waals surface area contributed by atoms with Gasteiger partial charge in [-0.15, -0.1) is 0 Å². The zero-order chi connectivity index (χ0) is 21.3. The number of rotatable bonds is 11. The number of primary amides is 2. The summed E-state index contributed by atoms with van der Waals surface area (Å²) in [6, 6.07) is -5.17. The van der Waals surface area contributed by atoms with E-state index in [4.69, 9.17) is 22.3 Å². The van der Waals surface area contributed by atoms with Crippen LogP contribution in [0.5, 0.6) is 0 Å². The van der Waals surface area contributed by atoms with E-state index >= 15 is 0 Å². The second kappa shape index (κ2) is 10.7. The van der Waals surface area contributed by atoms with E-state index in [1.54, 1.807) is 0 Å². The Morgan fingerprint density at radius 2 is 1.26 bits per heavy atom. The van der Waals surface area contributed by atoms with Crippen molar-refractivity contribution in [3.8, 4) is 0 Å². The van der Waals surface area contributed by atoms with E-state index in [-0.39, 0.29) is 0 Å². The Morgan fingerprint density at radius 3 is 1.70 bits per heavy atom. The molecule has 0 aromatic carbocycles. The molecule has 0 spiro atoms. The number of aliphatic carboxylic acids is 1. The van der Waals surface area contributed by atoms with Crippen molar-refractivity contribution < 1.29 is 33.9 Å². The van der Waals surface area contributed by atoms with Gasteiger partial charge in [0.25, 0.3) is 0 Å². The Balaban J connectivity index is 4.98. The molecule has 13 nitrogen and oxygen atoms in total. The molecule has 0 aliphatic rings. The maximum atomic E-state index is 12.2. The molecule has 13 heteroatoms. The molecule has 0 aromatic rings. The molecule has 0 fully saturated rings. The van der Waals surface area contributed by atoms with Gasteiger partial charge in [-0.2, -0.15) is 0 Å². The standard InChI is InChI=1S/C14H24N6O7/c1-5(11(23)19-6(2)14(26)27)18-13(25)8(4-10(17)22)20-12(24)7(15)3-9(16)21/h5-8H,3-4,15H2,1-2H3,(H2,16,21)(H2,17,22)(H,18,25)(H,19,23)(H,20,24)(H,26,27). The predicted molar refractivity (Wildman–Crippen MR) is 90.4 cm³/mol. The predicted octanol–water partition coefficient (Wildman–Crippen LogP) is -4.36. The van der Waals surface area contributed by atoms with Crippen molar-refractivity contribution in [1.82, 2.24) is 16.0 Å². The minimum absolute atomic E-state index is 0.484. The minimum atomic E-state index is -1.46. The third-order valence-electron chi connectivity index (χ3n) is 3.28. The van der Waals surface area contributed by atoms with E-state index in [1.807, 2.05) is 0 Å². The largest absolute Gasteiger partial charge is 0.480 e. The van der Waals surface area contributed by atoms with E-state index in [0.29, 0.717) is 0 Å². The summed E-state index contributed by atoms with van der Waals surface area (Å²) in [5, 5.41) is 15.3. The van der Waals surface area contributed by atoms with Gasteiger partial charge in [0.05, 0.1) is 18.9 Å². The molecule has 152 valence electrons. The van der Waals surface area contributed by atoms with Gasteiger partial charge in [0.1, 0.15) is 18.1 Å². The van der Waals surface area contributed by atoms with Gasteiger partial charge in [-0.1, -0.05) is 0 Å². The quantitative estimate of drug-likeness (QED) is 0.182. The van der Waals surface area contributed by atoms with Gasteiger partial charge >= 0.3 is 5.97 Å². The van der Waals surface area contributed by atoms with E-state index < -0.39 is 72.5 Å². The molecule has 4 unspecified atom stereocenters. The molecule has 0 bridgehead atoms. The van der Waals surface area contributed by atoms with Crippen LogP contribution in [0.3, 0.4) is 0 Å². The van der Waals surface area contributed by atoms with Gasteiger partial charge in [-0.3, -0.25) is 28.8 Å². The molecule has 4 atom stereocenters. The maximum absolute atomic E-state index is 12.2. The zero-order valence-electron chi connectivity index (χ0n) is 14.9. The lowest BCUT2D eigenvalue weighted by Crippen LogP contribution is -2.57. The number of carbonyl (C=O) groups is 6. The van der Waals surface area contributed by atoms with Gasteiger partial charge < -0.3 is 38.3 Å². The van der Waals surface area contributed by atoms with Crippen LogP contribution in [0.1, 0.15) is 26.7 Å². The summed E-state index contributed by atoms with van der Waals surface area (Å²) in [4.78, 5) is 68.6. The van der Waals surface area contributed by atoms with Crippen LogP contribution in [-0.4, -0.2) is 64.8 Å². The number of carbonyl (C=O) groups excluding carboxylic acids is 5. The number of amides is 5.